The molecule has 214 valence electrons. The van der Waals surface area contributed by atoms with Gasteiger partial charge in [-0.1, -0.05) is 130 Å². The molecule has 3 nitrogen and oxygen atoms in total. The van der Waals surface area contributed by atoms with Gasteiger partial charge >= 0.3 is 0 Å². The third-order valence-electron chi connectivity index (χ3n) is 8.26. The lowest BCUT2D eigenvalue weighted by molar-refractivity contribution is -0.168. The second-order valence-electron chi connectivity index (χ2n) is 11.1. The maximum Gasteiger partial charge on any atom is 0.165 e. The van der Waals surface area contributed by atoms with Crippen molar-refractivity contribution in [2.75, 3.05) is 0 Å². The van der Waals surface area contributed by atoms with Crippen LogP contribution in [0, 0.1) is 5.92 Å². The van der Waals surface area contributed by atoms with Gasteiger partial charge < -0.3 is 14.6 Å². The molecule has 0 amide bonds. The summed E-state index contributed by atoms with van der Waals surface area (Å²) in [5.74, 6) is 0.204. The Kier molecular flexibility index (Phi) is 10.00. The van der Waals surface area contributed by atoms with Crippen molar-refractivity contribution in [3.63, 3.8) is 0 Å². The van der Waals surface area contributed by atoms with E-state index in [-0.39, 0.29) is 17.3 Å². The Morgan fingerprint density at radius 2 is 1.27 bits per heavy atom. The van der Waals surface area contributed by atoms with Gasteiger partial charge in [-0.05, 0) is 58.6 Å². The fourth-order valence-corrected chi connectivity index (χ4v) is 7.41. The monoisotopic (exact) mass is 566 g/mol. The van der Waals surface area contributed by atoms with Crippen LogP contribution >= 0.6 is 11.8 Å². The maximum absolute atomic E-state index is 12.7. The molecule has 0 aliphatic carbocycles. The highest BCUT2D eigenvalue weighted by Gasteiger charge is 2.54. The van der Waals surface area contributed by atoms with Gasteiger partial charge in [-0.3, -0.25) is 0 Å². The van der Waals surface area contributed by atoms with Crippen LogP contribution in [0.25, 0.3) is 0 Å². The molecule has 1 heterocycles. The third-order valence-corrected chi connectivity index (χ3v) is 10.2. The number of hydrogen-bond donors (Lipinski definition) is 1. The standard InChI is InChI=1S/C37H42O3S/c1-4-28-19-21-29(22-20-28)23-32-17-12-18-33(24-32)37(38)36(40-26-31-15-10-7-11-16-31)35(27(3)34(5-2)41-37)39-25-30-13-8-6-9-14-30/h6-22,24,27,34-36,38H,4-5,23,25-26H2,1-3H3/t27-,34-,35+,36-,37?/m1/s1. The number of thioether (sulfide) groups is 1. The lowest BCUT2D eigenvalue weighted by Gasteiger charge is -2.50. The summed E-state index contributed by atoms with van der Waals surface area (Å²) in [7, 11) is 0. The Hall–Kier alpha value is -2.89. The highest BCUT2D eigenvalue weighted by molar-refractivity contribution is 8.00. The van der Waals surface area contributed by atoms with Gasteiger partial charge in [-0.2, -0.15) is 0 Å². The van der Waals surface area contributed by atoms with Crippen molar-refractivity contribution >= 4 is 11.8 Å². The molecule has 1 unspecified atom stereocenters. The van der Waals surface area contributed by atoms with E-state index < -0.39 is 11.0 Å². The smallest absolute Gasteiger partial charge is 0.165 e. The summed E-state index contributed by atoms with van der Waals surface area (Å²) >= 11 is 1.63. The number of aliphatic hydroxyl groups is 1. The molecule has 0 radical (unpaired) electrons. The number of rotatable bonds is 11. The Morgan fingerprint density at radius 1 is 0.683 bits per heavy atom. The van der Waals surface area contributed by atoms with Crippen LogP contribution in [0.5, 0.6) is 0 Å². The number of hydrogen-bond acceptors (Lipinski definition) is 4. The first-order chi connectivity index (χ1) is 20.0. The Morgan fingerprint density at radius 3 is 1.88 bits per heavy atom. The van der Waals surface area contributed by atoms with Crippen molar-refractivity contribution in [2.24, 2.45) is 5.92 Å². The van der Waals surface area contributed by atoms with Crippen LogP contribution < -0.4 is 0 Å². The van der Waals surface area contributed by atoms with E-state index >= 15 is 0 Å². The highest BCUT2D eigenvalue weighted by Crippen LogP contribution is 2.52. The van der Waals surface area contributed by atoms with Crippen LogP contribution in [-0.4, -0.2) is 22.6 Å². The molecule has 5 rings (SSSR count). The normalized spacial score (nSPS) is 24.3. The van der Waals surface area contributed by atoms with Gasteiger partial charge in [-0.15, -0.1) is 11.8 Å². The molecule has 1 N–H and O–H groups in total. The van der Waals surface area contributed by atoms with Crippen molar-refractivity contribution in [1.29, 1.82) is 0 Å². The van der Waals surface area contributed by atoms with Crippen molar-refractivity contribution in [1.82, 2.24) is 0 Å². The van der Waals surface area contributed by atoms with E-state index in [1.807, 2.05) is 42.5 Å². The minimum Gasteiger partial charge on any atom is -0.372 e. The third kappa shape index (κ3) is 7.13. The van der Waals surface area contributed by atoms with Crippen molar-refractivity contribution in [2.45, 2.75) is 75.6 Å². The van der Waals surface area contributed by atoms with E-state index in [0.29, 0.717) is 13.2 Å². The number of ether oxygens (including phenoxy) is 2. The number of benzene rings is 4. The first-order valence-electron chi connectivity index (χ1n) is 14.9. The summed E-state index contributed by atoms with van der Waals surface area (Å²) in [6.45, 7) is 7.51. The topological polar surface area (TPSA) is 38.7 Å². The molecule has 1 aliphatic heterocycles. The summed E-state index contributed by atoms with van der Waals surface area (Å²) in [5, 5.41) is 12.9. The first-order valence-corrected chi connectivity index (χ1v) is 15.8. The second-order valence-corrected chi connectivity index (χ2v) is 12.6. The summed E-state index contributed by atoms with van der Waals surface area (Å²) in [5.41, 5.74) is 6.86. The highest BCUT2D eigenvalue weighted by atomic mass is 32.2. The van der Waals surface area contributed by atoms with E-state index in [9.17, 15) is 5.11 Å². The van der Waals surface area contributed by atoms with Crippen LogP contribution in [0.2, 0.25) is 0 Å². The quantitative estimate of drug-likeness (QED) is 0.198. The molecule has 1 saturated heterocycles. The summed E-state index contributed by atoms with van der Waals surface area (Å²) in [6, 6.07) is 37.7. The lowest BCUT2D eigenvalue weighted by Crippen LogP contribution is -2.56. The first kappa shape index (κ1) is 29.6. The average molecular weight is 567 g/mol. The Labute approximate surface area is 249 Å². The van der Waals surface area contributed by atoms with E-state index in [4.69, 9.17) is 9.47 Å². The SMILES string of the molecule is CCc1ccc(Cc2cccc(C3(O)S[C@H](CC)[C@@H](C)[C@H](OCc4ccccc4)[C@H]3OCc3ccccc3)c2)cc1. The predicted octanol–water partition coefficient (Wildman–Crippen LogP) is 8.32. The van der Waals surface area contributed by atoms with Crippen LogP contribution in [-0.2, 0) is 40.5 Å². The van der Waals surface area contributed by atoms with Gasteiger partial charge in [0, 0.05) is 5.25 Å². The molecular formula is C37H42O3S. The van der Waals surface area contributed by atoms with E-state index in [2.05, 4.69) is 87.5 Å². The zero-order valence-electron chi connectivity index (χ0n) is 24.4. The summed E-state index contributed by atoms with van der Waals surface area (Å²) in [4.78, 5) is -1.26. The minimum absolute atomic E-state index is 0.204. The Balaban J connectivity index is 1.47. The molecule has 0 aromatic heterocycles. The van der Waals surface area contributed by atoms with Crippen molar-refractivity contribution in [3.8, 4) is 0 Å². The maximum atomic E-state index is 12.7. The van der Waals surface area contributed by atoms with Gasteiger partial charge in [0.05, 0.1) is 19.3 Å². The van der Waals surface area contributed by atoms with E-state index in [1.54, 1.807) is 11.8 Å². The van der Waals surface area contributed by atoms with Crippen LogP contribution in [0.4, 0.5) is 0 Å². The fraction of sp³-hybridized carbons (Fsp3) is 0.351. The largest absolute Gasteiger partial charge is 0.372 e. The summed E-state index contributed by atoms with van der Waals surface area (Å²) < 4.78 is 13.4. The lowest BCUT2D eigenvalue weighted by atomic mass is 9.87. The second kappa shape index (κ2) is 13.8. The van der Waals surface area contributed by atoms with E-state index in [0.717, 1.165) is 36.0 Å². The van der Waals surface area contributed by atoms with Crippen molar-refractivity contribution in [3.05, 3.63) is 143 Å². The van der Waals surface area contributed by atoms with Crippen molar-refractivity contribution < 1.29 is 14.6 Å². The zero-order valence-corrected chi connectivity index (χ0v) is 25.2. The predicted molar refractivity (Wildman–Crippen MR) is 170 cm³/mol. The molecule has 41 heavy (non-hydrogen) atoms. The van der Waals surface area contributed by atoms with Gasteiger partial charge in [0.1, 0.15) is 6.10 Å². The van der Waals surface area contributed by atoms with Gasteiger partial charge in [-0.25, -0.2) is 0 Å². The average Bonchev–Trinajstić information content (AvgIpc) is 3.02. The molecule has 4 aromatic carbocycles. The van der Waals surface area contributed by atoms with Gasteiger partial charge in [0.15, 0.2) is 4.93 Å². The van der Waals surface area contributed by atoms with Crippen LogP contribution in [0.1, 0.15) is 60.6 Å². The Bertz CT molecular complexity index is 1360. The molecule has 0 saturated carbocycles. The molecule has 4 heteroatoms. The minimum atomic E-state index is -1.26. The molecule has 0 bridgehead atoms. The number of aryl methyl sites for hydroxylation is 1. The molecule has 0 spiro atoms. The summed E-state index contributed by atoms with van der Waals surface area (Å²) in [6.07, 6.45) is 1.97. The molecule has 5 atom stereocenters. The van der Waals surface area contributed by atoms with Crippen LogP contribution in [0.15, 0.2) is 109 Å². The fourth-order valence-electron chi connectivity index (χ4n) is 5.81. The zero-order chi connectivity index (χ0) is 28.7. The molecular weight excluding hydrogens is 524 g/mol. The van der Waals surface area contributed by atoms with Gasteiger partial charge in [0.2, 0.25) is 0 Å². The molecule has 1 aliphatic rings. The molecule has 4 aromatic rings. The molecule has 1 fully saturated rings. The van der Waals surface area contributed by atoms with Gasteiger partial charge in [0.25, 0.3) is 0 Å². The van der Waals surface area contributed by atoms with Crippen LogP contribution in [0.3, 0.4) is 0 Å². The van der Waals surface area contributed by atoms with E-state index in [1.165, 1.54) is 16.7 Å².